The summed E-state index contributed by atoms with van der Waals surface area (Å²) in [5.41, 5.74) is 0. The zero-order chi connectivity index (χ0) is 15.1. The van der Waals surface area contributed by atoms with Crippen molar-refractivity contribution < 1.29 is 4.48 Å². The van der Waals surface area contributed by atoms with Gasteiger partial charge in [0.05, 0.1) is 20.1 Å². The molecule has 0 aliphatic rings. The lowest BCUT2D eigenvalue weighted by Gasteiger charge is -2.32. The zero-order valence-corrected chi connectivity index (χ0v) is 15.2. The van der Waals surface area contributed by atoms with Crippen molar-refractivity contribution in [2.75, 3.05) is 26.1 Å². The average Bonchev–Trinajstić information content (AvgIpc) is 2.46. The molecule has 1 nitrogen and oxygen atoms in total. The van der Waals surface area contributed by atoms with Crippen molar-refractivity contribution >= 4 is 11.6 Å². The molecule has 0 aromatic heterocycles. The van der Waals surface area contributed by atoms with Crippen LogP contribution in [0.2, 0.25) is 0 Å². The Balaban J connectivity index is 3.57. The fraction of sp³-hybridized carbons (Fsp3) is 1.00. The molecular weight excluding hydrogens is 266 g/mol. The zero-order valence-electron chi connectivity index (χ0n) is 14.4. The van der Waals surface area contributed by atoms with Crippen molar-refractivity contribution in [3.63, 3.8) is 0 Å². The number of hydrogen-bond donors (Lipinski definition) is 0. The van der Waals surface area contributed by atoms with Crippen LogP contribution in [0, 0.1) is 0 Å². The highest BCUT2D eigenvalue weighted by atomic mass is 35.5. The summed E-state index contributed by atoms with van der Waals surface area (Å²) in [6.45, 7) is 7.10. The number of unbranched alkanes of at least 4 members (excludes halogenated alkanes) is 10. The van der Waals surface area contributed by atoms with E-state index in [0.717, 1.165) is 10.5 Å². The van der Waals surface area contributed by atoms with E-state index in [4.69, 9.17) is 11.6 Å². The minimum Gasteiger partial charge on any atom is -0.313 e. The second-order valence-electron chi connectivity index (χ2n) is 6.72. The molecular formula is C18H39ClN+. The fourth-order valence-electron chi connectivity index (χ4n) is 2.78. The smallest absolute Gasteiger partial charge is 0.154 e. The normalized spacial score (nSPS) is 12.0. The maximum Gasteiger partial charge on any atom is 0.154 e. The van der Waals surface area contributed by atoms with E-state index in [1.807, 2.05) is 0 Å². The first kappa shape index (κ1) is 20.2. The van der Waals surface area contributed by atoms with E-state index in [9.17, 15) is 0 Å². The van der Waals surface area contributed by atoms with Gasteiger partial charge in [0.2, 0.25) is 0 Å². The van der Waals surface area contributed by atoms with Gasteiger partial charge in [0.15, 0.2) is 6.00 Å². The predicted molar refractivity (Wildman–Crippen MR) is 93.4 cm³/mol. The van der Waals surface area contributed by atoms with Crippen LogP contribution in [0.4, 0.5) is 0 Å². The topological polar surface area (TPSA) is 0 Å². The van der Waals surface area contributed by atoms with Crippen LogP contribution < -0.4 is 0 Å². The Morgan fingerprint density at radius 1 is 0.600 bits per heavy atom. The lowest BCUT2D eigenvalue weighted by Crippen LogP contribution is -2.44. The van der Waals surface area contributed by atoms with Crippen molar-refractivity contribution in [1.82, 2.24) is 0 Å². The van der Waals surface area contributed by atoms with Gasteiger partial charge < -0.3 is 4.48 Å². The minimum absolute atomic E-state index is 0.782. The number of nitrogens with zero attached hydrogens (tertiary/aromatic N) is 1. The van der Waals surface area contributed by atoms with E-state index in [0.29, 0.717) is 0 Å². The Morgan fingerprint density at radius 3 is 1.30 bits per heavy atom. The number of rotatable bonds is 15. The Hall–Kier alpha value is 0.250. The predicted octanol–water partition coefficient (Wildman–Crippen LogP) is 6.35. The molecule has 0 heterocycles. The van der Waals surface area contributed by atoms with Crippen LogP contribution in [0.3, 0.4) is 0 Å². The largest absolute Gasteiger partial charge is 0.313 e. The molecule has 0 unspecified atom stereocenters. The van der Waals surface area contributed by atoms with E-state index in [1.54, 1.807) is 0 Å². The van der Waals surface area contributed by atoms with Crippen LogP contribution in [0.15, 0.2) is 0 Å². The standard InChI is InChI=1S/C18H39ClN/c1-4-6-8-10-12-14-16-20(3,18-19)17-15-13-11-9-7-5-2/h4-18H2,1-3H3/q+1. The molecule has 0 fully saturated rings. The summed E-state index contributed by atoms with van der Waals surface area (Å²) >= 11 is 6.21. The molecule has 0 radical (unpaired) electrons. The molecule has 2 heteroatoms. The van der Waals surface area contributed by atoms with E-state index >= 15 is 0 Å². The van der Waals surface area contributed by atoms with Gasteiger partial charge in [0, 0.05) is 0 Å². The molecule has 0 aliphatic carbocycles. The second kappa shape index (κ2) is 14.2. The van der Waals surface area contributed by atoms with Crippen molar-refractivity contribution in [2.45, 2.75) is 90.9 Å². The van der Waals surface area contributed by atoms with Gasteiger partial charge in [-0.3, -0.25) is 0 Å². The average molecular weight is 305 g/mol. The van der Waals surface area contributed by atoms with E-state index < -0.39 is 0 Å². The maximum atomic E-state index is 6.21. The Bertz CT molecular complexity index is 178. The highest BCUT2D eigenvalue weighted by molar-refractivity contribution is 6.16. The molecule has 20 heavy (non-hydrogen) atoms. The fourth-order valence-corrected chi connectivity index (χ4v) is 3.02. The van der Waals surface area contributed by atoms with Gasteiger partial charge in [-0.15, -0.1) is 0 Å². The summed E-state index contributed by atoms with van der Waals surface area (Å²) in [7, 11) is 2.34. The van der Waals surface area contributed by atoms with Crippen LogP contribution in [0.1, 0.15) is 90.9 Å². The van der Waals surface area contributed by atoms with Gasteiger partial charge in [-0.1, -0.05) is 76.8 Å². The van der Waals surface area contributed by atoms with Crippen molar-refractivity contribution in [3.05, 3.63) is 0 Å². The number of hydrogen-bond acceptors (Lipinski definition) is 0. The van der Waals surface area contributed by atoms with Crippen LogP contribution in [-0.2, 0) is 0 Å². The summed E-state index contributed by atoms with van der Waals surface area (Å²) in [6, 6.07) is 0.782. The molecule has 0 saturated heterocycles. The van der Waals surface area contributed by atoms with Crippen LogP contribution in [0.25, 0.3) is 0 Å². The van der Waals surface area contributed by atoms with Gasteiger partial charge in [0.25, 0.3) is 0 Å². The summed E-state index contributed by atoms with van der Waals surface area (Å²) in [5, 5.41) is 0. The first-order chi connectivity index (χ1) is 9.68. The SMILES string of the molecule is CCCCCCCC[N+](C)(CCl)CCCCCCCC. The third-order valence-corrected chi connectivity index (χ3v) is 4.97. The summed E-state index contributed by atoms with van der Waals surface area (Å²) in [5.74, 6) is 0. The van der Waals surface area contributed by atoms with Gasteiger partial charge in [-0.25, -0.2) is 0 Å². The highest BCUT2D eigenvalue weighted by Gasteiger charge is 2.18. The first-order valence-electron chi connectivity index (χ1n) is 9.08. The Morgan fingerprint density at radius 2 is 0.950 bits per heavy atom. The van der Waals surface area contributed by atoms with E-state index in [-0.39, 0.29) is 0 Å². The number of halogens is 1. The minimum atomic E-state index is 0.782. The van der Waals surface area contributed by atoms with Gasteiger partial charge in [-0.2, -0.15) is 0 Å². The third kappa shape index (κ3) is 12.0. The summed E-state index contributed by atoms with van der Waals surface area (Å²) < 4.78 is 1.07. The molecule has 0 bridgehead atoms. The molecule has 0 amide bonds. The molecule has 0 aromatic carbocycles. The quantitative estimate of drug-likeness (QED) is 0.143. The van der Waals surface area contributed by atoms with Crippen molar-refractivity contribution in [1.29, 1.82) is 0 Å². The molecule has 0 aliphatic heterocycles. The van der Waals surface area contributed by atoms with Crippen LogP contribution >= 0.6 is 11.6 Å². The maximum absolute atomic E-state index is 6.21. The summed E-state index contributed by atoms with van der Waals surface area (Å²) in [4.78, 5) is 0. The van der Waals surface area contributed by atoms with Crippen molar-refractivity contribution in [2.24, 2.45) is 0 Å². The monoisotopic (exact) mass is 304 g/mol. The molecule has 0 atom stereocenters. The van der Waals surface area contributed by atoms with E-state index in [1.165, 1.54) is 90.1 Å². The molecule has 122 valence electrons. The molecule has 0 saturated carbocycles. The lowest BCUT2D eigenvalue weighted by molar-refractivity contribution is -0.899. The highest BCUT2D eigenvalue weighted by Crippen LogP contribution is 2.14. The third-order valence-electron chi connectivity index (χ3n) is 4.39. The van der Waals surface area contributed by atoms with Gasteiger partial charge >= 0.3 is 0 Å². The Labute approximate surface area is 133 Å². The lowest BCUT2D eigenvalue weighted by atomic mass is 10.1. The van der Waals surface area contributed by atoms with Gasteiger partial charge in [0.1, 0.15) is 0 Å². The number of alkyl halides is 1. The van der Waals surface area contributed by atoms with Gasteiger partial charge in [-0.05, 0) is 25.7 Å². The molecule has 0 spiro atoms. The molecule has 0 N–H and O–H groups in total. The van der Waals surface area contributed by atoms with Crippen LogP contribution in [-0.4, -0.2) is 30.6 Å². The second-order valence-corrected chi connectivity index (χ2v) is 6.96. The van der Waals surface area contributed by atoms with Crippen LogP contribution in [0.5, 0.6) is 0 Å². The molecule has 0 aromatic rings. The van der Waals surface area contributed by atoms with E-state index in [2.05, 4.69) is 20.9 Å². The molecule has 0 rings (SSSR count). The Kier molecular flexibility index (Phi) is 14.4. The number of quaternary nitrogens is 1. The van der Waals surface area contributed by atoms with Crippen molar-refractivity contribution in [3.8, 4) is 0 Å². The first-order valence-corrected chi connectivity index (χ1v) is 9.61. The summed E-state index contributed by atoms with van der Waals surface area (Å²) in [6.07, 6.45) is 16.6.